The van der Waals surface area contributed by atoms with E-state index >= 15 is 0 Å². The third-order valence-electron chi connectivity index (χ3n) is 3.57. The molecule has 3 aromatic rings. The van der Waals surface area contributed by atoms with Crippen LogP contribution >= 0.6 is 11.3 Å². The summed E-state index contributed by atoms with van der Waals surface area (Å²) in [7, 11) is 1.86. The number of carbonyl (C=O) groups is 1. The zero-order chi connectivity index (χ0) is 17.1. The zero-order valence-corrected chi connectivity index (χ0v) is 14.7. The number of hydrogen-bond acceptors (Lipinski definition) is 6. The van der Waals surface area contributed by atoms with Crippen molar-refractivity contribution >= 4 is 39.1 Å². The van der Waals surface area contributed by atoms with Gasteiger partial charge in [0.2, 0.25) is 5.91 Å². The van der Waals surface area contributed by atoms with Gasteiger partial charge in [-0.25, -0.2) is 15.0 Å². The standard InChI is InChI=1S/C17H19N5OS/c1-4-13-20-16(12-8-9-24-17(12)21-13)22(3)10-15(23)19-14-7-5-6-11(2)18-14/h5-9H,4,10H2,1-3H3,(H,18,19,23). The summed E-state index contributed by atoms with van der Waals surface area (Å²) in [5.41, 5.74) is 0.865. The van der Waals surface area contributed by atoms with Crippen molar-refractivity contribution in [3.63, 3.8) is 0 Å². The van der Waals surface area contributed by atoms with Gasteiger partial charge in [-0.05, 0) is 30.5 Å². The van der Waals surface area contributed by atoms with E-state index in [9.17, 15) is 4.79 Å². The number of anilines is 2. The van der Waals surface area contributed by atoms with Crippen molar-refractivity contribution in [2.75, 3.05) is 23.8 Å². The van der Waals surface area contributed by atoms with Gasteiger partial charge in [0.15, 0.2) is 0 Å². The molecular formula is C17H19N5OS. The van der Waals surface area contributed by atoms with Crippen molar-refractivity contribution in [3.05, 3.63) is 41.2 Å². The molecule has 3 rings (SSSR count). The lowest BCUT2D eigenvalue weighted by Gasteiger charge is -2.19. The highest BCUT2D eigenvalue weighted by Gasteiger charge is 2.15. The van der Waals surface area contributed by atoms with Crippen LogP contribution in [0.25, 0.3) is 10.2 Å². The number of hydrogen-bond donors (Lipinski definition) is 1. The second kappa shape index (κ2) is 6.92. The van der Waals surface area contributed by atoms with E-state index in [2.05, 4.69) is 20.3 Å². The molecule has 6 nitrogen and oxygen atoms in total. The molecule has 0 unspecified atom stereocenters. The van der Waals surface area contributed by atoms with Gasteiger partial charge < -0.3 is 10.2 Å². The molecule has 1 N–H and O–H groups in total. The van der Waals surface area contributed by atoms with E-state index in [-0.39, 0.29) is 12.5 Å². The molecule has 1 amide bonds. The molecule has 0 spiro atoms. The number of likely N-dealkylation sites (N-methyl/N-ethyl adjacent to an activating group) is 1. The van der Waals surface area contributed by atoms with Crippen LogP contribution in [-0.2, 0) is 11.2 Å². The largest absolute Gasteiger partial charge is 0.350 e. The number of amides is 1. The third-order valence-corrected chi connectivity index (χ3v) is 4.37. The maximum Gasteiger partial charge on any atom is 0.245 e. The Hall–Kier alpha value is -2.54. The summed E-state index contributed by atoms with van der Waals surface area (Å²) in [6.45, 7) is 4.11. The Morgan fingerprint density at radius 3 is 2.83 bits per heavy atom. The molecule has 0 aromatic carbocycles. The van der Waals surface area contributed by atoms with Gasteiger partial charge in [0, 0.05) is 19.2 Å². The lowest BCUT2D eigenvalue weighted by molar-refractivity contribution is -0.114. The second-order valence-electron chi connectivity index (χ2n) is 5.52. The third kappa shape index (κ3) is 3.51. The first-order chi connectivity index (χ1) is 11.6. The Balaban J connectivity index is 1.78. The smallest absolute Gasteiger partial charge is 0.245 e. The summed E-state index contributed by atoms with van der Waals surface area (Å²) in [4.78, 5) is 28.5. The van der Waals surface area contributed by atoms with Crippen LogP contribution < -0.4 is 10.2 Å². The predicted molar refractivity (Wildman–Crippen MR) is 97.7 cm³/mol. The van der Waals surface area contributed by atoms with Crippen LogP contribution in [0.5, 0.6) is 0 Å². The molecule has 0 atom stereocenters. The number of fused-ring (bicyclic) bond motifs is 1. The van der Waals surface area contributed by atoms with Gasteiger partial charge in [-0.1, -0.05) is 13.0 Å². The first-order valence-corrected chi connectivity index (χ1v) is 8.63. The fourth-order valence-corrected chi connectivity index (χ4v) is 3.19. The monoisotopic (exact) mass is 341 g/mol. The number of nitrogens with zero attached hydrogens (tertiary/aromatic N) is 4. The maximum atomic E-state index is 12.3. The molecule has 0 fully saturated rings. The summed E-state index contributed by atoms with van der Waals surface area (Å²) in [5, 5.41) is 5.79. The van der Waals surface area contributed by atoms with Crippen molar-refractivity contribution in [1.82, 2.24) is 15.0 Å². The van der Waals surface area contributed by atoms with Crippen molar-refractivity contribution in [3.8, 4) is 0 Å². The Morgan fingerprint density at radius 2 is 2.08 bits per heavy atom. The highest BCUT2D eigenvalue weighted by Crippen LogP contribution is 2.27. The molecule has 0 saturated carbocycles. The number of thiophene rings is 1. The number of aromatic nitrogens is 3. The average molecular weight is 341 g/mol. The van der Waals surface area contributed by atoms with Crippen molar-refractivity contribution in [2.24, 2.45) is 0 Å². The Bertz CT molecular complexity index is 876. The fraction of sp³-hybridized carbons (Fsp3) is 0.294. The van der Waals surface area contributed by atoms with E-state index in [4.69, 9.17) is 0 Å². The molecule has 7 heteroatoms. The lowest BCUT2D eigenvalue weighted by atomic mass is 10.3. The van der Waals surface area contributed by atoms with Crippen LogP contribution in [0.3, 0.4) is 0 Å². The van der Waals surface area contributed by atoms with Crippen LogP contribution in [0.1, 0.15) is 18.4 Å². The molecule has 3 heterocycles. The minimum Gasteiger partial charge on any atom is -0.350 e. The van der Waals surface area contributed by atoms with E-state index in [1.165, 1.54) is 0 Å². The molecule has 0 aliphatic heterocycles. The zero-order valence-electron chi connectivity index (χ0n) is 13.9. The Kier molecular flexibility index (Phi) is 4.71. The van der Waals surface area contributed by atoms with E-state index in [1.807, 2.05) is 49.4 Å². The number of aryl methyl sites for hydroxylation is 2. The number of carbonyl (C=O) groups excluding carboxylic acids is 1. The highest BCUT2D eigenvalue weighted by atomic mass is 32.1. The quantitative estimate of drug-likeness (QED) is 0.772. The SMILES string of the molecule is CCc1nc(N(C)CC(=O)Nc2cccc(C)n2)c2ccsc2n1. The van der Waals surface area contributed by atoms with Crippen LogP contribution in [-0.4, -0.2) is 34.5 Å². The van der Waals surface area contributed by atoms with Crippen molar-refractivity contribution in [1.29, 1.82) is 0 Å². The van der Waals surface area contributed by atoms with E-state index in [0.717, 1.165) is 34.0 Å². The Labute approximate surface area is 144 Å². The summed E-state index contributed by atoms with van der Waals surface area (Å²) >= 11 is 1.58. The average Bonchev–Trinajstić information content (AvgIpc) is 3.01. The summed E-state index contributed by atoms with van der Waals surface area (Å²) in [5.74, 6) is 2.00. The number of rotatable bonds is 5. The summed E-state index contributed by atoms with van der Waals surface area (Å²) < 4.78 is 0. The van der Waals surface area contributed by atoms with Crippen LogP contribution in [0.2, 0.25) is 0 Å². The normalized spacial score (nSPS) is 10.8. The van der Waals surface area contributed by atoms with Crippen molar-refractivity contribution < 1.29 is 4.79 Å². The van der Waals surface area contributed by atoms with Crippen LogP contribution in [0, 0.1) is 6.92 Å². The van der Waals surface area contributed by atoms with Gasteiger partial charge in [0.05, 0.1) is 11.9 Å². The molecular weight excluding hydrogens is 322 g/mol. The van der Waals surface area contributed by atoms with Crippen LogP contribution in [0.15, 0.2) is 29.6 Å². The first-order valence-electron chi connectivity index (χ1n) is 7.75. The summed E-state index contributed by atoms with van der Waals surface area (Å²) in [6.07, 6.45) is 0.758. The van der Waals surface area contributed by atoms with Gasteiger partial charge in [0.25, 0.3) is 0 Å². The highest BCUT2D eigenvalue weighted by molar-refractivity contribution is 7.16. The minimum absolute atomic E-state index is 0.129. The van der Waals surface area contributed by atoms with Gasteiger partial charge in [0.1, 0.15) is 22.3 Å². The molecule has 0 aliphatic carbocycles. The molecule has 0 bridgehead atoms. The molecule has 24 heavy (non-hydrogen) atoms. The van der Waals surface area contributed by atoms with Crippen molar-refractivity contribution in [2.45, 2.75) is 20.3 Å². The molecule has 124 valence electrons. The topological polar surface area (TPSA) is 71.0 Å². The maximum absolute atomic E-state index is 12.3. The van der Waals surface area contributed by atoms with E-state index in [0.29, 0.717) is 5.82 Å². The first kappa shape index (κ1) is 16.3. The molecule has 0 saturated heterocycles. The summed E-state index contributed by atoms with van der Waals surface area (Å²) in [6, 6.07) is 7.53. The Morgan fingerprint density at radius 1 is 1.25 bits per heavy atom. The molecule has 0 aliphatic rings. The van der Waals surface area contributed by atoms with Gasteiger partial charge in [-0.15, -0.1) is 11.3 Å². The minimum atomic E-state index is -0.129. The van der Waals surface area contributed by atoms with Gasteiger partial charge >= 0.3 is 0 Å². The fourth-order valence-electron chi connectivity index (χ4n) is 2.42. The predicted octanol–water partition coefficient (Wildman–Crippen LogP) is 3.03. The van der Waals surface area contributed by atoms with Gasteiger partial charge in [-0.2, -0.15) is 0 Å². The molecule has 0 radical (unpaired) electrons. The van der Waals surface area contributed by atoms with E-state index < -0.39 is 0 Å². The lowest BCUT2D eigenvalue weighted by Crippen LogP contribution is -2.31. The van der Waals surface area contributed by atoms with Gasteiger partial charge in [-0.3, -0.25) is 4.79 Å². The van der Waals surface area contributed by atoms with E-state index in [1.54, 1.807) is 17.4 Å². The number of nitrogens with one attached hydrogen (secondary N) is 1. The molecule has 3 aromatic heterocycles. The van der Waals surface area contributed by atoms with Crippen LogP contribution in [0.4, 0.5) is 11.6 Å². The second-order valence-corrected chi connectivity index (χ2v) is 6.42. The number of pyridine rings is 1.